The van der Waals surface area contributed by atoms with Gasteiger partial charge in [-0.05, 0) is 36.2 Å². The SMILES string of the molecule is CNc1ccc2[nH]c(-c3ccccc3COC)c(C)c2c1. The van der Waals surface area contributed by atoms with Crippen LogP contribution in [0.2, 0.25) is 0 Å². The highest BCUT2D eigenvalue weighted by molar-refractivity contribution is 5.93. The average molecular weight is 280 g/mol. The lowest BCUT2D eigenvalue weighted by atomic mass is 10.0. The molecule has 0 aliphatic heterocycles. The van der Waals surface area contributed by atoms with E-state index >= 15 is 0 Å². The van der Waals surface area contributed by atoms with Crippen molar-refractivity contribution in [2.75, 3.05) is 19.5 Å². The smallest absolute Gasteiger partial charge is 0.0719 e. The number of methoxy groups -OCH3 is 1. The van der Waals surface area contributed by atoms with E-state index in [2.05, 4.69) is 59.7 Å². The predicted octanol–water partition coefficient (Wildman–Crippen LogP) is 4.33. The molecule has 0 saturated heterocycles. The molecule has 21 heavy (non-hydrogen) atoms. The van der Waals surface area contributed by atoms with Crippen LogP contribution in [0.3, 0.4) is 0 Å². The molecule has 0 radical (unpaired) electrons. The third-order valence-corrected chi connectivity index (χ3v) is 3.93. The Bertz CT molecular complexity index is 774. The molecule has 3 nitrogen and oxygen atoms in total. The molecule has 2 N–H and O–H groups in total. The number of H-pyrrole nitrogens is 1. The first-order chi connectivity index (χ1) is 10.2. The highest BCUT2D eigenvalue weighted by Gasteiger charge is 2.12. The second-order valence-electron chi connectivity index (χ2n) is 5.23. The summed E-state index contributed by atoms with van der Waals surface area (Å²) in [6.45, 7) is 2.78. The molecule has 0 atom stereocenters. The van der Waals surface area contributed by atoms with Crippen LogP contribution in [0, 0.1) is 6.92 Å². The molecule has 0 unspecified atom stereocenters. The minimum Gasteiger partial charge on any atom is -0.388 e. The van der Waals surface area contributed by atoms with Crippen LogP contribution in [-0.4, -0.2) is 19.1 Å². The number of rotatable bonds is 4. The lowest BCUT2D eigenvalue weighted by Crippen LogP contribution is -1.92. The monoisotopic (exact) mass is 280 g/mol. The molecule has 0 saturated carbocycles. The number of aromatic nitrogens is 1. The van der Waals surface area contributed by atoms with Gasteiger partial charge in [-0.15, -0.1) is 0 Å². The predicted molar refractivity (Wildman–Crippen MR) is 88.7 cm³/mol. The Balaban J connectivity index is 2.19. The number of hydrogen-bond donors (Lipinski definition) is 2. The van der Waals surface area contributed by atoms with Gasteiger partial charge in [0.1, 0.15) is 0 Å². The zero-order valence-corrected chi connectivity index (χ0v) is 12.7. The quantitative estimate of drug-likeness (QED) is 0.746. The third kappa shape index (κ3) is 2.41. The molecule has 0 fully saturated rings. The van der Waals surface area contributed by atoms with E-state index in [4.69, 9.17) is 4.74 Å². The topological polar surface area (TPSA) is 37.0 Å². The number of ether oxygens (including phenoxy) is 1. The molecule has 108 valence electrons. The number of benzene rings is 2. The number of fused-ring (bicyclic) bond motifs is 1. The van der Waals surface area contributed by atoms with Crippen molar-refractivity contribution in [3.63, 3.8) is 0 Å². The Morgan fingerprint density at radius 3 is 2.71 bits per heavy atom. The van der Waals surface area contributed by atoms with Crippen molar-refractivity contribution >= 4 is 16.6 Å². The maximum Gasteiger partial charge on any atom is 0.0719 e. The fourth-order valence-corrected chi connectivity index (χ4v) is 2.80. The van der Waals surface area contributed by atoms with Crippen molar-refractivity contribution in [1.82, 2.24) is 4.98 Å². The summed E-state index contributed by atoms with van der Waals surface area (Å²) >= 11 is 0. The molecule has 3 heteroatoms. The maximum absolute atomic E-state index is 5.32. The van der Waals surface area contributed by atoms with Crippen LogP contribution in [0.4, 0.5) is 5.69 Å². The molecule has 0 amide bonds. The number of aromatic amines is 1. The molecule has 3 aromatic rings. The van der Waals surface area contributed by atoms with Crippen LogP contribution in [0.5, 0.6) is 0 Å². The Kier molecular flexibility index (Phi) is 3.67. The van der Waals surface area contributed by atoms with Crippen molar-refractivity contribution < 1.29 is 4.74 Å². The number of nitrogens with one attached hydrogen (secondary N) is 2. The summed E-state index contributed by atoms with van der Waals surface area (Å²) in [5.41, 5.74) is 7.13. The highest BCUT2D eigenvalue weighted by atomic mass is 16.5. The van der Waals surface area contributed by atoms with E-state index in [9.17, 15) is 0 Å². The second-order valence-corrected chi connectivity index (χ2v) is 5.23. The van der Waals surface area contributed by atoms with Crippen LogP contribution >= 0.6 is 0 Å². The van der Waals surface area contributed by atoms with Gasteiger partial charge in [-0.1, -0.05) is 24.3 Å². The minimum atomic E-state index is 0.618. The van der Waals surface area contributed by atoms with E-state index in [0.29, 0.717) is 6.61 Å². The van der Waals surface area contributed by atoms with Crippen molar-refractivity contribution in [3.8, 4) is 11.3 Å². The van der Waals surface area contributed by atoms with Gasteiger partial charge in [0.25, 0.3) is 0 Å². The third-order valence-electron chi connectivity index (χ3n) is 3.93. The van der Waals surface area contributed by atoms with Gasteiger partial charge < -0.3 is 15.0 Å². The summed E-state index contributed by atoms with van der Waals surface area (Å²) in [6, 6.07) is 14.8. The van der Waals surface area contributed by atoms with Gasteiger partial charge in [0, 0.05) is 42.0 Å². The largest absolute Gasteiger partial charge is 0.388 e. The Hall–Kier alpha value is -2.26. The van der Waals surface area contributed by atoms with E-state index in [1.807, 2.05) is 7.05 Å². The lowest BCUT2D eigenvalue weighted by molar-refractivity contribution is 0.185. The maximum atomic E-state index is 5.32. The van der Waals surface area contributed by atoms with Gasteiger partial charge in [0.15, 0.2) is 0 Å². The van der Waals surface area contributed by atoms with Gasteiger partial charge in [-0.25, -0.2) is 0 Å². The van der Waals surface area contributed by atoms with Crippen LogP contribution in [0.15, 0.2) is 42.5 Å². The Morgan fingerprint density at radius 2 is 1.95 bits per heavy atom. The summed E-state index contributed by atoms with van der Waals surface area (Å²) in [7, 11) is 3.67. The Morgan fingerprint density at radius 1 is 1.14 bits per heavy atom. The molecule has 1 aromatic heterocycles. The van der Waals surface area contributed by atoms with Crippen LogP contribution < -0.4 is 5.32 Å². The van der Waals surface area contributed by atoms with Crippen LogP contribution in [0.1, 0.15) is 11.1 Å². The van der Waals surface area contributed by atoms with Gasteiger partial charge in [-0.2, -0.15) is 0 Å². The molecule has 0 bridgehead atoms. The molecular formula is C18H20N2O. The van der Waals surface area contributed by atoms with E-state index in [1.165, 1.54) is 27.8 Å². The first-order valence-electron chi connectivity index (χ1n) is 7.12. The molecule has 1 heterocycles. The standard InChI is InChI=1S/C18H20N2O/c1-12-16-10-14(19-2)8-9-17(16)20-18(12)15-7-5-4-6-13(15)11-21-3/h4-10,19-20H,11H2,1-3H3. The summed E-state index contributed by atoms with van der Waals surface area (Å²) in [4.78, 5) is 3.55. The van der Waals surface area contributed by atoms with Crippen LogP contribution in [-0.2, 0) is 11.3 Å². The summed E-state index contributed by atoms with van der Waals surface area (Å²) in [6.07, 6.45) is 0. The number of hydrogen-bond acceptors (Lipinski definition) is 2. The minimum absolute atomic E-state index is 0.618. The number of anilines is 1. The van der Waals surface area contributed by atoms with E-state index in [0.717, 1.165) is 11.2 Å². The van der Waals surface area contributed by atoms with Gasteiger partial charge in [-0.3, -0.25) is 0 Å². The van der Waals surface area contributed by atoms with Gasteiger partial charge in [0.05, 0.1) is 6.61 Å². The average Bonchev–Trinajstić information content (AvgIpc) is 2.85. The first kappa shape index (κ1) is 13.7. The zero-order valence-electron chi connectivity index (χ0n) is 12.7. The van der Waals surface area contributed by atoms with Crippen molar-refractivity contribution in [2.45, 2.75) is 13.5 Å². The fraction of sp³-hybridized carbons (Fsp3) is 0.222. The Labute approximate surface area is 125 Å². The van der Waals surface area contributed by atoms with Gasteiger partial charge >= 0.3 is 0 Å². The van der Waals surface area contributed by atoms with Crippen molar-refractivity contribution in [3.05, 3.63) is 53.6 Å². The van der Waals surface area contributed by atoms with E-state index in [-0.39, 0.29) is 0 Å². The summed E-state index contributed by atoms with van der Waals surface area (Å²) in [5, 5.41) is 4.45. The van der Waals surface area contributed by atoms with E-state index < -0.39 is 0 Å². The molecule has 0 aliphatic rings. The normalized spacial score (nSPS) is 11.0. The molecule has 0 spiro atoms. The molecule has 0 aliphatic carbocycles. The number of aryl methyl sites for hydroxylation is 1. The molecule has 3 rings (SSSR count). The van der Waals surface area contributed by atoms with Crippen LogP contribution in [0.25, 0.3) is 22.2 Å². The fourth-order valence-electron chi connectivity index (χ4n) is 2.80. The van der Waals surface area contributed by atoms with E-state index in [1.54, 1.807) is 7.11 Å². The molecular weight excluding hydrogens is 260 g/mol. The summed E-state index contributed by atoms with van der Waals surface area (Å²) in [5.74, 6) is 0. The highest BCUT2D eigenvalue weighted by Crippen LogP contribution is 2.33. The van der Waals surface area contributed by atoms with Crippen molar-refractivity contribution in [1.29, 1.82) is 0 Å². The van der Waals surface area contributed by atoms with Crippen molar-refractivity contribution in [2.24, 2.45) is 0 Å². The summed E-state index contributed by atoms with van der Waals surface area (Å²) < 4.78 is 5.32. The first-order valence-corrected chi connectivity index (χ1v) is 7.12. The lowest BCUT2D eigenvalue weighted by Gasteiger charge is -2.08. The van der Waals surface area contributed by atoms with Gasteiger partial charge in [0.2, 0.25) is 0 Å². The second kappa shape index (κ2) is 5.62. The molecule has 2 aromatic carbocycles. The zero-order chi connectivity index (χ0) is 14.8.